The minimum atomic E-state index is -2.07. The molecular weight excluding hydrogens is 259 g/mol. The van der Waals surface area contributed by atoms with Crippen molar-refractivity contribution in [3.63, 3.8) is 0 Å². The molecule has 1 nitrogen and oxygen atoms in total. The second kappa shape index (κ2) is 6.38. The van der Waals surface area contributed by atoms with Gasteiger partial charge in [-0.15, -0.1) is 0 Å². The summed E-state index contributed by atoms with van der Waals surface area (Å²) in [5, 5.41) is 4.49. The van der Waals surface area contributed by atoms with Crippen molar-refractivity contribution in [1.82, 2.24) is 0 Å². The molecule has 0 aromatic heterocycles. The van der Waals surface area contributed by atoms with Gasteiger partial charge in [0.05, 0.1) is 0 Å². The Morgan fingerprint density at radius 1 is 0.789 bits per heavy atom. The molecule has 0 fully saturated rings. The number of hydrogen-bond acceptors (Lipinski definition) is 1. The van der Waals surface area contributed by atoms with Crippen LogP contribution in [0.25, 0.3) is 0 Å². The minimum Gasteiger partial charge on any atom is -0.408 e. The molecule has 92 valence electrons. The molecule has 0 saturated heterocycles. The van der Waals surface area contributed by atoms with Gasteiger partial charge >= 0.3 is 29.6 Å². The smallest absolute Gasteiger partial charge is 0.408 e. The van der Waals surface area contributed by atoms with Crippen molar-refractivity contribution in [2.75, 3.05) is 7.11 Å². The minimum absolute atomic E-state index is 0. The average Bonchev–Trinajstić information content (AvgIpc) is 3.16. The van der Waals surface area contributed by atoms with Crippen LogP contribution in [0.4, 0.5) is 0 Å². The monoisotopic (exact) mass is 277 g/mol. The fraction of sp³-hybridized carbons (Fsp3) is 0.250. The van der Waals surface area contributed by atoms with Crippen molar-refractivity contribution in [2.45, 2.75) is 19.3 Å². The van der Waals surface area contributed by atoms with Crippen LogP contribution < -0.4 is 29.6 Å². The van der Waals surface area contributed by atoms with Gasteiger partial charge in [-0.3, -0.25) is 0 Å². The van der Waals surface area contributed by atoms with Crippen LogP contribution in [0.1, 0.15) is 19.3 Å². The van der Waals surface area contributed by atoms with E-state index in [1.807, 2.05) is 7.11 Å². The zero-order valence-corrected chi connectivity index (χ0v) is 14.7. The zero-order chi connectivity index (χ0) is 12.4. The Bertz CT molecular complexity index is 461. The van der Waals surface area contributed by atoms with Gasteiger partial charge in [0.15, 0.2) is 0 Å². The van der Waals surface area contributed by atoms with E-state index in [0.717, 1.165) is 19.3 Å². The van der Waals surface area contributed by atoms with E-state index < -0.39 is 8.32 Å². The molecule has 0 bridgehead atoms. The van der Waals surface area contributed by atoms with Gasteiger partial charge in [0.25, 0.3) is 8.32 Å². The second-order valence-electron chi connectivity index (χ2n) is 4.86. The number of hydrogen-bond donors (Lipinski definition) is 0. The quantitative estimate of drug-likeness (QED) is 0.693. The molecule has 0 aromatic carbocycles. The van der Waals surface area contributed by atoms with Gasteiger partial charge < -0.3 is 4.43 Å². The van der Waals surface area contributed by atoms with E-state index in [2.05, 4.69) is 54.7 Å². The first kappa shape index (κ1) is 15.0. The third-order valence-corrected chi connectivity index (χ3v) is 8.41. The van der Waals surface area contributed by atoms with Crippen molar-refractivity contribution < 1.29 is 34.0 Å². The maximum absolute atomic E-state index is 6.20. The molecule has 0 heterocycles. The maximum Gasteiger partial charge on any atom is 1.00 e. The Morgan fingerprint density at radius 2 is 1.16 bits per heavy atom. The van der Waals surface area contributed by atoms with E-state index in [4.69, 9.17) is 4.43 Å². The predicted octanol–water partition coefficient (Wildman–Crippen LogP) is 0.859. The van der Waals surface area contributed by atoms with E-state index in [1.54, 1.807) is 0 Å². The Labute approximate surface area is 138 Å². The summed E-state index contributed by atoms with van der Waals surface area (Å²) < 4.78 is 6.20. The number of allylic oxidation sites excluding steroid dienone is 12. The van der Waals surface area contributed by atoms with Crippen molar-refractivity contribution in [3.8, 4) is 0 Å². The summed E-state index contributed by atoms with van der Waals surface area (Å²) in [6, 6.07) is 0. The van der Waals surface area contributed by atoms with E-state index in [9.17, 15) is 0 Å². The first-order valence-corrected chi connectivity index (χ1v) is 8.42. The third-order valence-electron chi connectivity index (χ3n) is 3.98. The van der Waals surface area contributed by atoms with Crippen LogP contribution in [0.3, 0.4) is 0 Å². The van der Waals surface area contributed by atoms with Crippen molar-refractivity contribution >= 4 is 8.32 Å². The Balaban J connectivity index is 0.00000133. The van der Waals surface area contributed by atoms with E-state index in [0.29, 0.717) is 0 Å². The Kier molecular flexibility index (Phi) is 5.04. The van der Waals surface area contributed by atoms with E-state index in [-0.39, 0.29) is 29.6 Å². The van der Waals surface area contributed by atoms with Gasteiger partial charge in [0.2, 0.25) is 0 Å². The fourth-order valence-corrected chi connectivity index (χ4v) is 7.37. The van der Waals surface area contributed by atoms with Gasteiger partial charge in [0, 0.05) is 7.11 Å². The van der Waals surface area contributed by atoms with E-state index >= 15 is 0 Å². The molecule has 0 saturated carbocycles. The molecule has 0 spiro atoms. The van der Waals surface area contributed by atoms with Crippen LogP contribution in [-0.2, 0) is 4.43 Å². The van der Waals surface area contributed by atoms with E-state index in [1.165, 1.54) is 15.6 Å². The summed E-state index contributed by atoms with van der Waals surface area (Å²) in [6.07, 6.45) is 23.2. The third kappa shape index (κ3) is 2.48. The molecule has 19 heavy (non-hydrogen) atoms. The van der Waals surface area contributed by atoms with Crippen molar-refractivity contribution in [1.29, 1.82) is 0 Å². The predicted molar refractivity (Wildman–Crippen MR) is 78.3 cm³/mol. The van der Waals surface area contributed by atoms with Crippen LogP contribution in [-0.4, -0.2) is 15.4 Å². The molecule has 0 N–H and O–H groups in total. The van der Waals surface area contributed by atoms with Gasteiger partial charge in [-0.25, -0.2) is 0 Å². The zero-order valence-electron chi connectivity index (χ0n) is 11.7. The standard InChI is InChI=1S/C16H18OSi.Na/c1-17-18(14-8-2-3-9-14,15-10-4-5-11-15)16-12-6-7-13-16;/h2-8,10,12H,9,11,13H2,1H3;/q;+1. The Hall–Kier alpha value is -0.383. The van der Waals surface area contributed by atoms with Gasteiger partial charge in [-0.05, 0) is 34.9 Å². The number of rotatable bonds is 4. The molecule has 3 aliphatic rings. The molecule has 0 aromatic rings. The van der Waals surface area contributed by atoms with Crippen LogP contribution in [0.2, 0.25) is 0 Å². The first-order chi connectivity index (χ1) is 8.88. The summed E-state index contributed by atoms with van der Waals surface area (Å²) in [6.45, 7) is 0. The topological polar surface area (TPSA) is 9.23 Å². The molecule has 0 atom stereocenters. The normalized spacial score (nSPS) is 20.4. The Morgan fingerprint density at radius 3 is 1.37 bits per heavy atom. The molecule has 0 amide bonds. The van der Waals surface area contributed by atoms with Crippen LogP contribution in [0, 0.1) is 0 Å². The van der Waals surface area contributed by atoms with Crippen molar-refractivity contribution in [2.24, 2.45) is 0 Å². The van der Waals surface area contributed by atoms with Crippen molar-refractivity contribution in [3.05, 3.63) is 70.3 Å². The van der Waals surface area contributed by atoms with Crippen LogP contribution in [0.15, 0.2) is 70.3 Å². The summed E-state index contributed by atoms with van der Waals surface area (Å²) in [7, 11) is -0.182. The fourth-order valence-electron chi connectivity index (χ4n) is 3.14. The molecule has 3 aliphatic carbocycles. The molecular formula is C16H18NaOSi+. The summed E-state index contributed by atoms with van der Waals surface area (Å²) in [4.78, 5) is 0. The molecule has 3 heteroatoms. The summed E-state index contributed by atoms with van der Waals surface area (Å²) in [5.74, 6) is 0. The molecule has 0 radical (unpaired) electrons. The average molecular weight is 277 g/mol. The molecule has 0 unspecified atom stereocenters. The van der Waals surface area contributed by atoms with Crippen LogP contribution >= 0.6 is 0 Å². The summed E-state index contributed by atoms with van der Waals surface area (Å²) >= 11 is 0. The van der Waals surface area contributed by atoms with Crippen LogP contribution in [0.5, 0.6) is 0 Å². The largest absolute Gasteiger partial charge is 1.00 e. The first-order valence-electron chi connectivity index (χ1n) is 6.51. The summed E-state index contributed by atoms with van der Waals surface area (Å²) in [5.41, 5.74) is 0. The molecule has 0 aliphatic heterocycles. The SMILES string of the molecule is CO[Si](C1=CC=CC1)(C1=CC=CC1)C1=CC=CC1.[Na+]. The van der Waals surface area contributed by atoms with Gasteiger partial charge in [0.1, 0.15) is 0 Å². The van der Waals surface area contributed by atoms with Gasteiger partial charge in [-0.1, -0.05) is 54.7 Å². The molecule has 3 rings (SSSR count). The maximum atomic E-state index is 6.20. The second-order valence-corrected chi connectivity index (χ2v) is 8.56. The van der Waals surface area contributed by atoms with Gasteiger partial charge in [-0.2, -0.15) is 0 Å².